The number of fused-ring (bicyclic) bond motifs is 1. The van der Waals surface area contributed by atoms with Crippen LogP contribution in [0.25, 0.3) is 11.0 Å². The van der Waals surface area contributed by atoms with Crippen LogP contribution in [0, 0.1) is 6.92 Å². The van der Waals surface area contributed by atoms with Crippen LogP contribution in [0.4, 0.5) is 0 Å². The topological polar surface area (TPSA) is 48.7 Å². The van der Waals surface area contributed by atoms with Gasteiger partial charge in [0.2, 0.25) is 0 Å². The zero-order valence-electron chi connectivity index (χ0n) is 13.0. The van der Waals surface area contributed by atoms with E-state index in [4.69, 9.17) is 13.7 Å². The van der Waals surface area contributed by atoms with Crippen molar-refractivity contribution in [2.75, 3.05) is 0 Å². The molecule has 0 aliphatic carbocycles. The van der Waals surface area contributed by atoms with E-state index in [1.54, 1.807) is 13.0 Å². The van der Waals surface area contributed by atoms with Crippen molar-refractivity contribution in [1.82, 2.24) is 0 Å². The maximum Gasteiger partial charge on any atom is 0.498 e. The first kappa shape index (κ1) is 14.4. The van der Waals surface area contributed by atoms with Crippen LogP contribution in [0.2, 0.25) is 0 Å². The minimum absolute atomic E-state index is 0.0490. The van der Waals surface area contributed by atoms with E-state index in [9.17, 15) is 4.79 Å². The van der Waals surface area contributed by atoms with E-state index in [0.717, 1.165) is 5.46 Å². The van der Waals surface area contributed by atoms with Crippen molar-refractivity contribution in [2.24, 2.45) is 0 Å². The molecule has 3 rings (SSSR count). The lowest BCUT2D eigenvalue weighted by molar-refractivity contribution is 0.00578. The van der Waals surface area contributed by atoms with Crippen molar-refractivity contribution in [3.05, 3.63) is 40.2 Å². The number of hydrogen-bond acceptors (Lipinski definition) is 4. The summed E-state index contributed by atoms with van der Waals surface area (Å²) in [6, 6.07) is 6.97. The molecule has 0 spiro atoms. The lowest BCUT2D eigenvalue weighted by Crippen LogP contribution is -2.41. The minimum Gasteiger partial charge on any atom is -0.461 e. The van der Waals surface area contributed by atoms with Crippen LogP contribution in [0.3, 0.4) is 0 Å². The number of para-hydroxylation sites is 1. The molecule has 0 amide bonds. The molecule has 1 aliphatic rings. The van der Waals surface area contributed by atoms with E-state index in [2.05, 4.69) is 0 Å². The SMILES string of the molecule is Cc1cc(=O)c2cccc(B3OC(C)(C)C(C)(C)O3)c2o1. The fourth-order valence-corrected chi connectivity index (χ4v) is 2.47. The molecular formula is C16H19BO4. The van der Waals surface area contributed by atoms with Gasteiger partial charge in [0.05, 0.1) is 16.6 Å². The summed E-state index contributed by atoms with van der Waals surface area (Å²) >= 11 is 0. The summed E-state index contributed by atoms with van der Waals surface area (Å²) in [4.78, 5) is 12.1. The van der Waals surface area contributed by atoms with Gasteiger partial charge in [-0.05, 0) is 40.7 Å². The van der Waals surface area contributed by atoms with Gasteiger partial charge >= 0.3 is 7.12 Å². The average molecular weight is 286 g/mol. The highest BCUT2D eigenvalue weighted by Crippen LogP contribution is 2.36. The summed E-state index contributed by atoms with van der Waals surface area (Å²) in [5.74, 6) is 0.580. The summed E-state index contributed by atoms with van der Waals surface area (Å²) in [6.45, 7) is 9.76. The first-order chi connectivity index (χ1) is 9.71. The molecule has 0 saturated carbocycles. The van der Waals surface area contributed by atoms with Gasteiger partial charge in [-0.1, -0.05) is 12.1 Å². The largest absolute Gasteiger partial charge is 0.498 e. The van der Waals surface area contributed by atoms with Crippen molar-refractivity contribution in [1.29, 1.82) is 0 Å². The van der Waals surface area contributed by atoms with Crippen LogP contribution in [0.15, 0.2) is 33.5 Å². The molecule has 0 bridgehead atoms. The van der Waals surface area contributed by atoms with Gasteiger partial charge in [-0.3, -0.25) is 4.79 Å². The Morgan fingerprint density at radius 2 is 1.67 bits per heavy atom. The Hall–Kier alpha value is -1.59. The molecule has 110 valence electrons. The molecule has 4 nitrogen and oxygen atoms in total. The minimum atomic E-state index is -0.538. The fourth-order valence-electron chi connectivity index (χ4n) is 2.47. The Bertz CT molecular complexity index is 744. The highest BCUT2D eigenvalue weighted by molar-refractivity contribution is 6.64. The molecule has 2 aromatic rings. The molecule has 1 fully saturated rings. The first-order valence-corrected chi connectivity index (χ1v) is 7.10. The number of hydrogen-bond donors (Lipinski definition) is 0. The standard InChI is InChI=1S/C16H19BO4/c1-10-9-13(18)11-7-6-8-12(14(11)19-10)17-20-15(2,3)16(4,5)21-17/h6-9H,1-5H3. The monoisotopic (exact) mass is 286 g/mol. The van der Waals surface area contributed by atoms with Gasteiger partial charge < -0.3 is 13.7 Å². The van der Waals surface area contributed by atoms with Crippen LogP contribution >= 0.6 is 0 Å². The van der Waals surface area contributed by atoms with E-state index in [1.807, 2.05) is 39.8 Å². The Kier molecular flexibility index (Phi) is 3.04. The highest BCUT2D eigenvalue weighted by Gasteiger charge is 2.52. The molecule has 1 aromatic carbocycles. The van der Waals surface area contributed by atoms with E-state index in [1.165, 1.54) is 6.07 Å². The number of rotatable bonds is 1. The van der Waals surface area contributed by atoms with Gasteiger partial charge in [0.25, 0.3) is 0 Å². The van der Waals surface area contributed by atoms with E-state index >= 15 is 0 Å². The smallest absolute Gasteiger partial charge is 0.461 e. The van der Waals surface area contributed by atoms with Crippen LogP contribution in [-0.4, -0.2) is 18.3 Å². The second-order valence-corrected chi connectivity index (χ2v) is 6.53. The van der Waals surface area contributed by atoms with Crippen molar-refractivity contribution in [2.45, 2.75) is 45.8 Å². The maximum atomic E-state index is 12.1. The molecule has 1 aliphatic heterocycles. The Labute approximate surface area is 124 Å². The second kappa shape index (κ2) is 4.45. The van der Waals surface area contributed by atoms with E-state index in [-0.39, 0.29) is 5.43 Å². The molecule has 0 atom stereocenters. The molecular weight excluding hydrogens is 267 g/mol. The number of aryl methyl sites for hydroxylation is 1. The normalized spacial score (nSPS) is 20.1. The fraction of sp³-hybridized carbons (Fsp3) is 0.438. The van der Waals surface area contributed by atoms with Gasteiger partial charge in [0, 0.05) is 11.5 Å². The number of benzene rings is 1. The predicted octanol–water partition coefficient (Wildman–Crippen LogP) is 2.40. The molecule has 21 heavy (non-hydrogen) atoms. The lowest BCUT2D eigenvalue weighted by atomic mass is 9.78. The van der Waals surface area contributed by atoms with Crippen LogP contribution in [0.1, 0.15) is 33.5 Å². The van der Waals surface area contributed by atoms with Crippen molar-refractivity contribution in [3.63, 3.8) is 0 Å². The molecule has 0 N–H and O–H groups in total. The van der Waals surface area contributed by atoms with Crippen LogP contribution in [-0.2, 0) is 9.31 Å². The Morgan fingerprint density at radius 3 is 2.29 bits per heavy atom. The summed E-state index contributed by atoms with van der Waals surface area (Å²) < 4.78 is 17.9. The summed E-state index contributed by atoms with van der Waals surface area (Å²) in [5, 5.41) is 0.549. The van der Waals surface area contributed by atoms with Gasteiger partial charge in [-0.25, -0.2) is 0 Å². The van der Waals surface area contributed by atoms with Gasteiger partial charge in [-0.2, -0.15) is 0 Å². The third-order valence-electron chi connectivity index (χ3n) is 4.42. The van der Waals surface area contributed by atoms with Gasteiger partial charge in [0.15, 0.2) is 5.43 Å². The molecule has 0 unspecified atom stereocenters. The van der Waals surface area contributed by atoms with Crippen molar-refractivity contribution >= 4 is 23.6 Å². The van der Waals surface area contributed by atoms with E-state index < -0.39 is 18.3 Å². The van der Waals surface area contributed by atoms with Crippen molar-refractivity contribution < 1.29 is 13.7 Å². The zero-order valence-corrected chi connectivity index (χ0v) is 13.0. The van der Waals surface area contributed by atoms with Gasteiger partial charge in [0.1, 0.15) is 11.3 Å². The highest BCUT2D eigenvalue weighted by atomic mass is 16.7. The maximum absolute atomic E-state index is 12.1. The Morgan fingerprint density at radius 1 is 1.05 bits per heavy atom. The Balaban J connectivity index is 2.17. The van der Waals surface area contributed by atoms with Crippen molar-refractivity contribution in [3.8, 4) is 0 Å². The molecule has 5 heteroatoms. The summed E-state index contributed by atoms with van der Waals surface area (Å²) in [6.07, 6.45) is 0. The average Bonchev–Trinajstić information content (AvgIpc) is 2.57. The van der Waals surface area contributed by atoms with Crippen LogP contribution in [0.5, 0.6) is 0 Å². The third kappa shape index (κ3) is 2.21. The van der Waals surface area contributed by atoms with Gasteiger partial charge in [-0.15, -0.1) is 0 Å². The first-order valence-electron chi connectivity index (χ1n) is 7.10. The summed E-state index contributed by atoms with van der Waals surface area (Å²) in [5.41, 5.74) is 0.397. The third-order valence-corrected chi connectivity index (χ3v) is 4.42. The molecule has 1 aromatic heterocycles. The second-order valence-electron chi connectivity index (χ2n) is 6.53. The predicted molar refractivity (Wildman–Crippen MR) is 82.9 cm³/mol. The van der Waals surface area contributed by atoms with E-state index in [0.29, 0.717) is 16.7 Å². The molecule has 0 radical (unpaired) electrons. The quantitative estimate of drug-likeness (QED) is 0.755. The van der Waals surface area contributed by atoms with Crippen LogP contribution < -0.4 is 10.9 Å². The summed E-state index contributed by atoms with van der Waals surface area (Å²) in [7, 11) is -0.538. The molecule has 1 saturated heterocycles. The zero-order chi connectivity index (χ0) is 15.4. The molecule has 2 heterocycles. The lowest BCUT2D eigenvalue weighted by Gasteiger charge is -2.32.